The van der Waals surface area contributed by atoms with Crippen molar-refractivity contribution in [2.75, 3.05) is 0 Å². The van der Waals surface area contributed by atoms with Gasteiger partial charge in [-0.15, -0.1) is 11.3 Å². The summed E-state index contributed by atoms with van der Waals surface area (Å²) in [7, 11) is 0. The van der Waals surface area contributed by atoms with Crippen molar-refractivity contribution in [2.45, 2.75) is 22.1 Å². The molecule has 0 radical (unpaired) electrons. The highest BCUT2D eigenvalue weighted by Gasteiger charge is 2.22. The number of benzene rings is 1. The van der Waals surface area contributed by atoms with Gasteiger partial charge in [-0.05, 0) is 25.1 Å². The summed E-state index contributed by atoms with van der Waals surface area (Å²) in [6.45, 7) is 1.57. The van der Waals surface area contributed by atoms with Crippen molar-refractivity contribution in [3.05, 3.63) is 49.3 Å². The van der Waals surface area contributed by atoms with E-state index in [1.54, 1.807) is 25.1 Å². The molecule has 1 aromatic heterocycles. The van der Waals surface area contributed by atoms with Gasteiger partial charge in [-0.2, -0.15) is 0 Å². The van der Waals surface area contributed by atoms with Gasteiger partial charge in [0.2, 0.25) is 0 Å². The lowest BCUT2D eigenvalue weighted by molar-refractivity contribution is -0.387. The number of halogens is 2. The molecule has 20 heavy (non-hydrogen) atoms. The van der Waals surface area contributed by atoms with Gasteiger partial charge in [0, 0.05) is 20.9 Å². The zero-order valence-corrected chi connectivity index (χ0v) is 13.3. The first-order valence-electron chi connectivity index (χ1n) is 5.47. The largest absolute Gasteiger partial charge is 0.388 e. The number of nitro groups is 1. The van der Waals surface area contributed by atoms with Gasteiger partial charge in [0.15, 0.2) is 0 Å². The van der Waals surface area contributed by atoms with Gasteiger partial charge in [-0.3, -0.25) is 10.1 Å². The number of hydrogen-bond donors (Lipinski definition) is 1. The quantitative estimate of drug-likeness (QED) is 0.610. The fourth-order valence-corrected chi connectivity index (χ4v) is 4.22. The minimum Gasteiger partial charge on any atom is -0.388 e. The Kier molecular flexibility index (Phi) is 4.93. The summed E-state index contributed by atoms with van der Waals surface area (Å²) in [5, 5.41) is 21.6. The normalized spacial score (nSPS) is 12.4. The third-order valence-electron chi connectivity index (χ3n) is 2.40. The average Bonchev–Trinajstić information content (AvgIpc) is 2.78. The van der Waals surface area contributed by atoms with Gasteiger partial charge in [-0.25, -0.2) is 0 Å². The number of aliphatic hydroxyl groups excluding tert-OH is 1. The molecule has 1 N–H and O–H groups in total. The smallest absolute Gasteiger partial charge is 0.294 e. The Hall–Kier alpha value is -0.790. The molecule has 0 saturated heterocycles. The zero-order valence-electron chi connectivity index (χ0n) is 10.2. The van der Waals surface area contributed by atoms with Crippen LogP contribution in [0.5, 0.6) is 0 Å². The first-order valence-corrected chi connectivity index (χ1v) is 7.86. The maximum atomic E-state index is 11.1. The van der Waals surface area contributed by atoms with Crippen LogP contribution in [0.1, 0.15) is 17.9 Å². The Morgan fingerprint density at radius 3 is 2.70 bits per heavy atom. The summed E-state index contributed by atoms with van der Waals surface area (Å²) in [4.78, 5) is 11.8. The van der Waals surface area contributed by atoms with Crippen LogP contribution in [0.15, 0.2) is 33.4 Å². The number of thiophene rings is 1. The van der Waals surface area contributed by atoms with Gasteiger partial charge in [0.25, 0.3) is 5.69 Å². The number of hydrogen-bond acceptors (Lipinski definition) is 5. The molecule has 0 saturated carbocycles. The Bertz CT molecular complexity index is 658. The highest BCUT2D eigenvalue weighted by molar-refractivity contribution is 8.01. The van der Waals surface area contributed by atoms with Crippen molar-refractivity contribution in [3.63, 3.8) is 0 Å². The third-order valence-corrected chi connectivity index (χ3v) is 5.62. The van der Waals surface area contributed by atoms with Crippen molar-refractivity contribution < 1.29 is 10.0 Å². The highest BCUT2D eigenvalue weighted by Crippen LogP contribution is 2.45. The van der Waals surface area contributed by atoms with Crippen LogP contribution in [0.2, 0.25) is 10.0 Å². The van der Waals surface area contributed by atoms with E-state index in [2.05, 4.69) is 0 Å². The van der Waals surface area contributed by atoms with E-state index in [4.69, 9.17) is 23.2 Å². The van der Waals surface area contributed by atoms with E-state index in [1.807, 2.05) is 0 Å². The van der Waals surface area contributed by atoms with Gasteiger partial charge in [0.05, 0.1) is 16.0 Å². The maximum absolute atomic E-state index is 11.1. The molecule has 106 valence electrons. The number of aliphatic hydroxyl groups is 1. The minimum atomic E-state index is -0.747. The van der Waals surface area contributed by atoms with Crippen LogP contribution in [0.3, 0.4) is 0 Å². The van der Waals surface area contributed by atoms with Gasteiger partial charge in [0.1, 0.15) is 4.21 Å². The van der Waals surface area contributed by atoms with Crippen LogP contribution in [0.4, 0.5) is 5.69 Å². The highest BCUT2D eigenvalue weighted by atomic mass is 35.5. The van der Waals surface area contributed by atoms with Crippen molar-refractivity contribution in [1.29, 1.82) is 0 Å². The molecule has 0 aliphatic carbocycles. The van der Waals surface area contributed by atoms with Crippen LogP contribution >= 0.6 is 46.3 Å². The minimum absolute atomic E-state index is 0.0352. The standard InChI is InChI=1S/C12H9Cl2NO3S2/c1-6(16)10-5-9(15(17)18)12(19-10)20-11-4-7(13)2-3-8(11)14/h2-6,16H,1H3. The fourth-order valence-electron chi connectivity index (χ4n) is 1.44. The molecule has 4 nitrogen and oxygen atoms in total. The Labute approximate surface area is 133 Å². The monoisotopic (exact) mass is 349 g/mol. The molecular weight excluding hydrogens is 341 g/mol. The van der Waals surface area contributed by atoms with Crippen molar-refractivity contribution in [1.82, 2.24) is 0 Å². The van der Waals surface area contributed by atoms with Crippen LogP contribution < -0.4 is 0 Å². The zero-order chi connectivity index (χ0) is 14.9. The Morgan fingerprint density at radius 1 is 1.40 bits per heavy atom. The lowest BCUT2D eigenvalue weighted by atomic mass is 10.3. The number of nitrogens with zero attached hydrogens (tertiary/aromatic N) is 1. The molecule has 2 aromatic rings. The molecule has 1 unspecified atom stereocenters. The summed E-state index contributed by atoms with van der Waals surface area (Å²) < 4.78 is 0.468. The van der Waals surface area contributed by atoms with Crippen molar-refractivity contribution in [3.8, 4) is 0 Å². The Balaban J connectivity index is 2.42. The summed E-state index contributed by atoms with van der Waals surface area (Å²) in [6.07, 6.45) is -0.747. The molecule has 0 bridgehead atoms. The third kappa shape index (κ3) is 3.45. The fraction of sp³-hybridized carbons (Fsp3) is 0.167. The van der Waals surface area contributed by atoms with Crippen molar-refractivity contribution >= 4 is 52.0 Å². The molecule has 0 aliphatic rings. The molecule has 1 heterocycles. The van der Waals surface area contributed by atoms with Gasteiger partial charge < -0.3 is 5.11 Å². The van der Waals surface area contributed by atoms with Crippen LogP contribution in [0.25, 0.3) is 0 Å². The van der Waals surface area contributed by atoms with E-state index in [9.17, 15) is 15.2 Å². The Morgan fingerprint density at radius 2 is 2.10 bits per heavy atom. The van der Waals surface area contributed by atoms with E-state index >= 15 is 0 Å². The second-order valence-corrected chi connectivity index (χ2v) is 7.17. The molecule has 2 rings (SSSR count). The SMILES string of the molecule is CC(O)c1cc([N+](=O)[O-])c(Sc2cc(Cl)ccc2Cl)s1. The van der Waals surface area contributed by atoms with Gasteiger partial charge in [-0.1, -0.05) is 35.0 Å². The topological polar surface area (TPSA) is 63.4 Å². The predicted octanol–water partition coefficient (Wildman–Crippen LogP) is 5.17. The summed E-state index contributed by atoms with van der Waals surface area (Å²) in [5.74, 6) is 0. The molecule has 1 aromatic carbocycles. The van der Waals surface area contributed by atoms with Crippen molar-refractivity contribution in [2.24, 2.45) is 0 Å². The average molecular weight is 350 g/mol. The number of rotatable bonds is 4. The summed E-state index contributed by atoms with van der Waals surface area (Å²) in [6, 6.07) is 6.33. The lowest BCUT2D eigenvalue weighted by Crippen LogP contribution is -1.87. The second kappa shape index (κ2) is 6.32. The molecule has 8 heteroatoms. The summed E-state index contributed by atoms with van der Waals surface area (Å²) >= 11 is 14.3. The van der Waals surface area contributed by atoms with Crippen LogP contribution in [0, 0.1) is 10.1 Å². The second-order valence-electron chi connectivity index (χ2n) is 3.93. The molecule has 0 amide bonds. The van der Waals surface area contributed by atoms with Gasteiger partial charge >= 0.3 is 0 Å². The van der Waals surface area contributed by atoms with E-state index in [0.717, 1.165) is 0 Å². The predicted molar refractivity (Wildman–Crippen MR) is 82.2 cm³/mol. The van der Waals surface area contributed by atoms with E-state index < -0.39 is 11.0 Å². The molecule has 1 atom stereocenters. The van der Waals surface area contributed by atoms with Crippen LogP contribution in [-0.2, 0) is 0 Å². The van der Waals surface area contributed by atoms with E-state index in [0.29, 0.717) is 24.0 Å². The lowest BCUT2D eigenvalue weighted by Gasteiger charge is -2.02. The van der Waals surface area contributed by atoms with E-state index in [-0.39, 0.29) is 5.69 Å². The molecule has 0 fully saturated rings. The van der Waals surface area contributed by atoms with E-state index in [1.165, 1.54) is 29.2 Å². The summed E-state index contributed by atoms with van der Waals surface area (Å²) in [5.41, 5.74) is -0.0352. The first-order chi connectivity index (χ1) is 9.38. The first kappa shape index (κ1) is 15.6. The molecule has 0 spiro atoms. The van der Waals surface area contributed by atoms with Crippen LogP contribution in [-0.4, -0.2) is 10.0 Å². The molecular formula is C12H9Cl2NO3S2. The maximum Gasteiger partial charge on any atom is 0.294 e. The molecule has 0 aliphatic heterocycles.